The molecule has 1 fully saturated rings. The average Bonchev–Trinajstić information content (AvgIpc) is 3.01. The van der Waals surface area contributed by atoms with Gasteiger partial charge in [0.15, 0.2) is 34.3 Å². The fourth-order valence-corrected chi connectivity index (χ4v) is 5.22. The second-order valence-corrected chi connectivity index (χ2v) is 10.6. The van der Waals surface area contributed by atoms with Gasteiger partial charge in [-0.3, -0.25) is 14.6 Å². The number of likely N-dealkylation sites (N-methyl/N-ethyl adjacent to an activating group) is 1. The number of carbonyl (C=O) groups excluding carboxylic acids is 1. The molecule has 44 heavy (non-hydrogen) atoms. The molecular formula is C33H28F2N4O5. The Hall–Kier alpha value is -5.16. The first kappa shape index (κ1) is 28.9. The van der Waals surface area contributed by atoms with Gasteiger partial charge in [0, 0.05) is 55.8 Å². The summed E-state index contributed by atoms with van der Waals surface area (Å²) in [4.78, 5) is 37.8. The second kappa shape index (κ2) is 11.8. The van der Waals surface area contributed by atoms with Crippen LogP contribution in [0.3, 0.4) is 0 Å². The summed E-state index contributed by atoms with van der Waals surface area (Å²) >= 11 is 0. The highest BCUT2D eigenvalue weighted by Crippen LogP contribution is 2.35. The zero-order chi connectivity index (χ0) is 31.0. The minimum atomic E-state index is -0.698. The molecule has 0 unspecified atom stereocenters. The Kier molecular flexibility index (Phi) is 7.79. The van der Waals surface area contributed by atoms with Gasteiger partial charge in [-0.1, -0.05) is 18.2 Å². The van der Waals surface area contributed by atoms with Crippen LogP contribution in [0.4, 0.5) is 8.78 Å². The van der Waals surface area contributed by atoms with Crippen LogP contribution in [0.15, 0.2) is 78.0 Å². The fourth-order valence-electron chi connectivity index (χ4n) is 5.22. The van der Waals surface area contributed by atoms with Crippen LogP contribution in [0, 0.1) is 11.6 Å². The molecule has 5 aromatic rings. The van der Waals surface area contributed by atoms with E-state index in [4.69, 9.17) is 14.2 Å². The number of hydrogen-bond donors (Lipinski definition) is 0. The van der Waals surface area contributed by atoms with Crippen molar-refractivity contribution in [1.82, 2.24) is 19.4 Å². The van der Waals surface area contributed by atoms with E-state index in [2.05, 4.69) is 14.9 Å². The molecular weight excluding hydrogens is 570 g/mol. The Morgan fingerprint density at radius 2 is 1.73 bits per heavy atom. The van der Waals surface area contributed by atoms with E-state index in [1.165, 1.54) is 56.8 Å². The van der Waals surface area contributed by atoms with Crippen molar-refractivity contribution >= 4 is 16.8 Å². The molecule has 1 aliphatic rings. The van der Waals surface area contributed by atoms with Crippen molar-refractivity contribution in [3.8, 4) is 34.3 Å². The molecule has 9 nitrogen and oxygen atoms in total. The summed E-state index contributed by atoms with van der Waals surface area (Å²) in [5.41, 5.74) is 1.51. The molecule has 6 rings (SSSR count). The molecule has 0 bridgehead atoms. The van der Waals surface area contributed by atoms with Crippen molar-refractivity contribution in [2.24, 2.45) is 0 Å². The number of nitrogens with zero attached hydrogens (tertiary/aromatic N) is 4. The third kappa shape index (κ3) is 5.61. The normalized spacial score (nSPS) is 13.5. The van der Waals surface area contributed by atoms with E-state index >= 15 is 4.39 Å². The van der Waals surface area contributed by atoms with Crippen molar-refractivity contribution in [2.75, 3.05) is 34.4 Å². The highest BCUT2D eigenvalue weighted by Gasteiger charge is 2.27. The zero-order valence-corrected chi connectivity index (χ0v) is 24.2. The summed E-state index contributed by atoms with van der Waals surface area (Å²) in [7, 11) is 4.92. The van der Waals surface area contributed by atoms with Gasteiger partial charge in [-0.05, 0) is 42.4 Å². The Labute approximate surface area is 251 Å². The van der Waals surface area contributed by atoms with E-state index in [1.807, 2.05) is 11.6 Å². The molecule has 1 aliphatic heterocycles. The van der Waals surface area contributed by atoms with Crippen molar-refractivity contribution in [2.45, 2.75) is 12.5 Å². The number of ketones is 1. The number of Topliss-reactive ketones (excluding diaryl/α,β-unsaturated/α-hetero) is 1. The quantitative estimate of drug-likeness (QED) is 0.207. The number of likely N-dealkylation sites (tertiary alicyclic amines) is 1. The molecule has 0 amide bonds. The van der Waals surface area contributed by atoms with Crippen LogP contribution in [0.1, 0.15) is 22.0 Å². The molecule has 1 saturated heterocycles. The lowest BCUT2D eigenvalue weighted by atomic mass is 9.98. The van der Waals surface area contributed by atoms with E-state index in [0.717, 1.165) is 13.1 Å². The Bertz CT molecular complexity index is 1940. The number of methoxy groups -OCH3 is 2. The van der Waals surface area contributed by atoms with Gasteiger partial charge in [-0.2, -0.15) is 0 Å². The maximum Gasteiger partial charge on any atom is 0.257 e. The van der Waals surface area contributed by atoms with Crippen LogP contribution in [0.25, 0.3) is 22.2 Å². The van der Waals surface area contributed by atoms with E-state index in [1.54, 1.807) is 30.6 Å². The van der Waals surface area contributed by atoms with Crippen LogP contribution in [0.2, 0.25) is 0 Å². The lowest BCUT2D eigenvalue weighted by Crippen LogP contribution is -2.45. The van der Waals surface area contributed by atoms with Gasteiger partial charge >= 0.3 is 0 Å². The summed E-state index contributed by atoms with van der Waals surface area (Å²) in [6.07, 6.45) is 4.57. The summed E-state index contributed by atoms with van der Waals surface area (Å²) in [5.74, 6) is -0.809. The van der Waals surface area contributed by atoms with Crippen LogP contribution in [0.5, 0.6) is 23.1 Å². The standard InChI is InChI=1S/C33H28F2N4O5/c1-38-15-22(16-38)39-17-23(20-5-7-21(34)8-6-20)32(41)24(18-39)27(40)13-19-4-9-28(25(35)12-19)44-29-10-11-36-26-14-30(42-2)33(43-3)37-31(26)29/h4-12,14,17-18,22H,13,15-16H2,1-3H3. The van der Waals surface area contributed by atoms with Gasteiger partial charge in [0.1, 0.15) is 11.3 Å². The van der Waals surface area contributed by atoms with Gasteiger partial charge in [-0.25, -0.2) is 13.8 Å². The molecule has 0 N–H and O–H groups in total. The van der Waals surface area contributed by atoms with Crippen molar-refractivity contribution < 1.29 is 27.8 Å². The first-order valence-electron chi connectivity index (χ1n) is 13.8. The Morgan fingerprint density at radius 1 is 0.955 bits per heavy atom. The maximum absolute atomic E-state index is 15.3. The summed E-state index contributed by atoms with van der Waals surface area (Å²) in [5, 5.41) is 0. The summed E-state index contributed by atoms with van der Waals surface area (Å²) < 4.78 is 47.1. The van der Waals surface area contributed by atoms with Gasteiger partial charge in [-0.15, -0.1) is 0 Å². The largest absolute Gasteiger partial charge is 0.491 e. The molecule has 0 saturated carbocycles. The van der Waals surface area contributed by atoms with E-state index in [9.17, 15) is 14.0 Å². The van der Waals surface area contributed by atoms with Gasteiger partial charge in [0.2, 0.25) is 0 Å². The van der Waals surface area contributed by atoms with Crippen molar-refractivity contribution in [3.63, 3.8) is 0 Å². The van der Waals surface area contributed by atoms with E-state index in [0.29, 0.717) is 33.5 Å². The molecule has 2 aromatic carbocycles. The number of halogens is 2. The third-order valence-corrected chi connectivity index (χ3v) is 7.57. The predicted octanol–water partition coefficient (Wildman–Crippen LogP) is 5.46. The van der Waals surface area contributed by atoms with E-state index in [-0.39, 0.29) is 35.4 Å². The molecule has 4 heterocycles. The molecule has 0 radical (unpaired) electrons. The van der Waals surface area contributed by atoms with Crippen LogP contribution >= 0.6 is 0 Å². The number of carbonyl (C=O) groups is 1. The maximum atomic E-state index is 15.3. The number of hydrogen-bond acceptors (Lipinski definition) is 8. The van der Waals surface area contributed by atoms with Crippen molar-refractivity contribution in [3.05, 3.63) is 106 Å². The molecule has 224 valence electrons. The third-order valence-electron chi connectivity index (χ3n) is 7.57. The van der Waals surface area contributed by atoms with Gasteiger partial charge < -0.3 is 23.7 Å². The predicted molar refractivity (Wildman–Crippen MR) is 160 cm³/mol. The lowest BCUT2D eigenvalue weighted by Gasteiger charge is -2.38. The zero-order valence-electron chi connectivity index (χ0n) is 24.2. The Morgan fingerprint density at radius 3 is 2.41 bits per heavy atom. The van der Waals surface area contributed by atoms with Crippen LogP contribution < -0.4 is 19.6 Å². The minimum Gasteiger partial charge on any atom is -0.491 e. The highest BCUT2D eigenvalue weighted by molar-refractivity contribution is 5.98. The fraction of sp³-hybridized carbons (Fsp3) is 0.212. The number of aromatic nitrogens is 3. The van der Waals surface area contributed by atoms with Gasteiger partial charge in [0.05, 0.1) is 31.3 Å². The van der Waals surface area contributed by atoms with Crippen molar-refractivity contribution in [1.29, 1.82) is 0 Å². The molecule has 11 heteroatoms. The summed E-state index contributed by atoms with van der Waals surface area (Å²) in [6.45, 7) is 1.52. The molecule has 0 atom stereocenters. The molecule has 0 spiro atoms. The Balaban J connectivity index is 1.28. The molecule has 3 aromatic heterocycles. The number of pyridine rings is 3. The SMILES string of the molecule is COc1cc2nccc(Oc3ccc(CC(=O)c4cn(C5CN(C)C5)cc(-c5ccc(F)cc5)c4=O)cc3F)c2nc1OC. The lowest BCUT2D eigenvalue weighted by molar-refractivity contribution is 0.0989. The smallest absolute Gasteiger partial charge is 0.257 e. The number of benzene rings is 2. The number of fused-ring (bicyclic) bond motifs is 1. The average molecular weight is 599 g/mol. The van der Waals surface area contributed by atoms with Crippen LogP contribution in [-0.4, -0.2) is 59.6 Å². The number of ether oxygens (including phenoxy) is 3. The number of rotatable bonds is 9. The van der Waals surface area contributed by atoms with Crippen LogP contribution in [-0.2, 0) is 6.42 Å². The first-order chi connectivity index (χ1) is 21.2. The molecule has 0 aliphatic carbocycles. The highest BCUT2D eigenvalue weighted by atomic mass is 19.1. The monoisotopic (exact) mass is 598 g/mol. The van der Waals surface area contributed by atoms with E-state index < -0.39 is 22.8 Å². The topological polar surface area (TPSA) is 95.8 Å². The van der Waals surface area contributed by atoms with Gasteiger partial charge in [0.25, 0.3) is 5.88 Å². The minimum absolute atomic E-state index is 0.0131. The first-order valence-corrected chi connectivity index (χ1v) is 13.8. The second-order valence-electron chi connectivity index (χ2n) is 10.6. The summed E-state index contributed by atoms with van der Waals surface area (Å²) in [6, 6.07) is 13.0.